The third-order valence-electron chi connectivity index (χ3n) is 0.581. The average molecular weight is 140 g/mol. The quantitative estimate of drug-likeness (QED) is 0.267. The smallest absolute Gasteiger partial charge is 0.307 e. The van der Waals surface area contributed by atoms with Gasteiger partial charge in [0.05, 0.1) is 0 Å². The third kappa shape index (κ3) is 1.58. The molecule has 1 heterocycles. The fraction of sp³-hybridized carbons (Fsp3) is 0. The average Bonchev–Trinajstić information content (AvgIpc) is 2.34. The van der Waals surface area contributed by atoms with Crippen molar-refractivity contribution < 1.29 is 0 Å². The molecular formula is C2H4N8. The number of azo groups is 1. The van der Waals surface area contributed by atoms with Crippen LogP contribution in [0.2, 0.25) is 0 Å². The number of nitrogens with one attached hydrogen (secondary N) is 2. The van der Waals surface area contributed by atoms with Crippen LogP contribution in [-0.2, 0) is 0 Å². The highest BCUT2D eigenvalue weighted by Gasteiger charge is 1.90. The second-order valence-electron chi connectivity index (χ2n) is 1.30. The van der Waals surface area contributed by atoms with E-state index in [1.807, 2.05) is 0 Å². The van der Waals surface area contributed by atoms with E-state index in [1.54, 1.807) is 0 Å². The molecule has 8 heteroatoms. The second-order valence-corrected chi connectivity index (χ2v) is 1.30. The minimum Gasteiger partial charge on any atom is -0.367 e. The van der Waals surface area contributed by atoms with Crippen molar-refractivity contribution >= 4 is 11.9 Å². The standard InChI is InChI=1S/C2H4N8/c3-1(4)5-6-2-7-9-10-8-2/h(H3,3,4)(H,7,8,9,10). The molecule has 8 nitrogen and oxygen atoms in total. The molecule has 1 aromatic rings. The van der Waals surface area contributed by atoms with Crippen LogP contribution in [0.4, 0.5) is 5.95 Å². The summed E-state index contributed by atoms with van der Waals surface area (Å²) in [4.78, 5) is 0. The SMILES string of the molecule is N=C(N)N=Nc1nn[nH]n1. The number of hydrogen-bond acceptors (Lipinski definition) is 5. The predicted octanol–water partition coefficient (Wildman–Crippen LogP) is -0.823. The molecule has 0 aliphatic carbocycles. The predicted molar refractivity (Wildman–Crippen MR) is 30.6 cm³/mol. The van der Waals surface area contributed by atoms with Crippen LogP contribution < -0.4 is 5.73 Å². The van der Waals surface area contributed by atoms with Crippen LogP contribution in [0.3, 0.4) is 0 Å². The first-order valence-electron chi connectivity index (χ1n) is 2.28. The molecule has 10 heavy (non-hydrogen) atoms. The van der Waals surface area contributed by atoms with E-state index in [0.717, 1.165) is 0 Å². The number of nitrogens with two attached hydrogens (primary N) is 1. The zero-order chi connectivity index (χ0) is 7.40. The van der Waals surface area contributed by atoms with E-state index in [2.05, 4.69) is 30.9 Å². The van der Waals surface area contributed by atoms with Gasteiger partial charge < -0.3 is 5.73 Å². The Labute approximate surface area is 55.0 Å². The van der Waals surface area contributed by atoms with Crippen LogP contribution >= 0.6 is 0 Å². The molecule has 1 aromatic heterocycles. The van der Waals surface area contributed by atoms with Crippen molar-refractivity contribution in [3.63, 3.8) is 0 Å². The highest BCUT2D eigenvalue weighted by Crippen LogP contribution is 1.95. The zero-order valence-electron chi connectivity index (χ0n) is 4.81. The van der Waals surface area contributed by atoms with Crippen LogP contribution in [0.15, 0.2) is 10.2 Å². The molecule has 0 spiro atoms. The lowest BCUT2D eigenvalue weighted by atomic mass is 11.1. The van der Waals surface area contributed by atoms with Gasteiger partial charge in [0.15, 0.2) is 0 Å². The van der Waals surface area contributed by atoms with Crippen LogP contribution in [-0.4, -0.2) is 26.6 Å². The van der Waals surface area contributed by atoms with Gasteiger partial charge in [0.1, 0.15) is 0 Å². The molecule has 0 amide bonds. The third-order valence-corrected chi connectivity index (χ3v) is 0.581. The molecule has 0 unspecified atom stereocenters. The van der Waals surface area contributed by atoms with E-state index in [1.165, 1.54) is 0 Å². The first kappa shape index (κ1) is 6.26. The van der Waals surface area contributed by atoms with Crippen LogP contribution in [0.1, 0.15) is 0 Å². The Morgan fingerprint density at radius 2 is 2.50 bits per heavy atom. The molecule has 0 saturated carbocycles. The molecule has 0 aliphatic heterocycles. The first-order chi connectivity index (χ1) is 4.79. The van der Waals surface area contributed by atoms with Crippen molar-refractivity contribution in [3.05, 3.63) is 0 Å². The van der Waals surface area contributed by atoms with Gasteiger partial charge in [-0.2, -0.15) is 5.21 Å². The van der Waals surface area contributed by atoms with Crippen molar-refractivity contribution in [1.82, 2.24) is 20.6 Å². The van der Waals surface area contributed by atoms with Crippen LogP contribution in [0, 0.1) is 5.41 Å². The Morgan fingerprint density at radius 3 is 3.00 bits per heavy atom. The summed E-state index contributed by atoms with van der Waals surface area (Å²) >= 11 is 0. The minimum absolute atomic E-state index is 0.0511. The molecule has 4 N–H and O–H groups in total. The summed E-state index contributed by atoms with van der Waals surface area (Å²) in [7, 11) is 0. The minimum atomic E-state index is -0.398. The highest BCUT2D eigenvalue weighted by atomic mass is 15.5. The van der Waals surface area contributed by atoms with Crippen LogP contribution in [0.25, 0.3) is 0 Å². The van der Waals surface area contributed by atoms with Gasteiger partial charge in [0.25, 0.3) is 0 Å². The number of hydrogen-bond donors (Lipinski definition) is 3. The molecule has 0 bridgehead atoms. The molecule has 0 atom stereocenters. The number of rotatable bonds is 1. The van der Waals surface area contributed by atoms with Crippen LogP contribution in [0.5, 0.6) is 0 Å². The number of nitrogens with zero attached hydrogens (tertiary/aromatic N) is 5. The van der Waals surface area contributed by atoms with Crippen molar-refractivity contribution in [2.24, 2.45) is 16.0 Å². The van der Waals surface area contributed by atoms with Crippen molar-refractivity contribution in [2.45, 2.75) is 0 Å². The first-order valence-corrected chi connectivity index (χ1v) is 2.28. The van der Waals surface area contributed by atoms with Gasteiger partial charge >= 0.3 is 5.95 Å². The normalized spacial score (nSPS) is 10.4. The lowest BCUT2D eigenvalue weighted by molar-refractivity contribution is 0.881. The molecule has 52 valence electrons. The van der Waals surface area contributed by atoms with Gasteiger partial charge in [-0.1, -0.05) is 5.10 Å². The Morgan fingerprint density at radius 1 is 1.70 bits per heavy atom. The fourth-order valence-corrected chi connectivity index (χ4v) is 0.297. The van der Waals surface area contributed by atoms with Gasteiger partial charge in [-0.05, 0) is 5.21 Å². The maximum Gasteiger partial charge on any atom is 0.307 e. The van der Waals surface area contributed by atoms with Gasteiger partial charge in [-0.3, -0.25) is 5.41 Å². The van der Waals surface area contributed by atoms with E-state index in [0.29, 0.717) is 0 Å². The molecule has 0 aliphatic rings. The Hall–Kier alpha value is -1.86. The summed E-state index contributed by atoms with van der Waals surface area (Å²) in [6.45, 7) is 0. The van der Waals surface area contributed by atoms with Crippen molar-refractivity contribution in [2.75, 3.05) is 0 Å². The highest BCUT2D eigenvalue weighted by molar-refractivity contribution is 5.74. The zero-order valence-corrected chi connectivity index (χ0v) is 4.81. The number of H-pyrrole nitrogens is 1. The van der Waals surface area contributed by atoms with Gasteiger partial charge in [-0.15, -0.1) is 15.3 Å². The fourth-order valence-electron chi connectivity index (χ4n) is 0.297. The van der Waals surface area contributed by atoms with Crippen molar-refractivity contribution in [3.8, 4) is 0 Å². The lowest BCUT2D eigenvalue weighted by Gasteiger charge is -1.77. The van der Waals surface area contributed by atoms with E-state index in [4.69, 9.17) is 11.1 Å². The van der Waals surface area contributed by atoms with Gasteiger partial charge in [-0.25, -0.2) is 0 Å². The Kier molecular flexibility index (Phi) is 1.64. The van der Waals surface area contributed by atoms with Gasteiger partial charge in [0.2, 0.25) is 5.96 Å². The number of aromatic nitrogens is 4. The monoisotopic (exact) mass is 140 g/mol. The van der Waals surface area contributed by atoms with E-state index in [9.17, 15) is 0 Å². The van der Waals surface area contributed by atoms with E-state index in [-0.39, 0.29) is 5.95 Å². The second kappa shape index (κ2) is 2.62. The summed E-state index contributed by atoms with van der Waals surface area (Å²) in [5.41, 5.74) is 4.85. The number of tetrazole rings is 1. The summed E-state index contributed by atoms with van der Waals surface area (Å²) in [6.07, 6.45) is 0. The molecular weight excluding hydrogens is 136 g/mol. The maximum atomic E-state index is 6.63. The molecule has 0 aromatic carbocycles. The summed E-state index contributed by atoms with van der Waals surface area (Å²) in [6, 6.07) is 0. The summed E-state index contributed by atoms with van der Waals surface area (Å²) in [5, 5.41) is 25.3. The lowest BCUT2D eigenvalue weighted by Crippen LogP contribution is -2.03. The molecule has 1 rings (SSSR count). The summed E-state index contributed by atoms with van der Waals surface area (Å²) < 4.78 is 0. The van der Waals surface area contributed by atoms with Crippen molar-refractivity contribution in [1.29, 1.82) is 5.41 Å². The molecule has 0 radical (unpaired) electrons. The largest absolute Gasteiger partial charge is 0.367 e. The topological polar surface area (TPSA) is 129 Å². The van der Waals surface area contributed by atoms with Gasteiger partial charge in [0, 0.05) is 0 Å². The number of guanidine groups is 1. The molecule has 0 saturated heterocycles. The molecule has 0 fully saturated rings. The Bertz CT molecular complexity index is 232. The Balaban J connectivity index is 2.64. The summed E-state index contributed by atoms with van der Waals surface area (Å²) in [5.74, 6) is -0.347. The van der Waals surface area contributed by atoms with E-state index < -0.39 is 5.96 Å². The number of aromatic amines is 1. The maximum absolute atomic E-state index is 6.63. The van der Waals surface area contributed by atoms with E-state index >= 15 is 0 Å².